The highest BCUT2D eigenvalue weighted by Crippen LogP contribution is 2.28. The van der Waals surface area contributed by atoms with Crippen LogP contribution in [0.15, 0.2) is 41.9 Å². The van der Waals surface area contributed by atoms with E-state index < -0.39 is 6.04 Å². The summed E-state index contributed by atoms with van der Waals surface area (Å²) in [5.74, 6) is -0.636. The van der Waals surface area contributed by atoms with E-state index in [9.17, 15) is 9.59 Å². The van der Waals surface area contributed by atoms with Gasteiger partial charge in [0.05, 0.1) is 31.0 Å². The summed E-state index contributed by atoms with van der Waals surface area (Å²) in [6.07, 6.45) is 1.77. The molecule has 3 aromatic heterocycles. The normalized spacial score (nSPS) is 11.8. The van der Waals surface area contributed by atoms with Crippen LogP contribution in [0.3, 0.4) is 0 Å². The molecule has 0 aliphatic carbocycles. The topological polar surface area (TPSA) is 81.2 Å². The fourth-order valence-electron chi connectivity index (χ4n) is 2.39. The lowest BCUT2D eigenvalue weighted by Gasteiger charge is -2.16. The van der Waals surface area contributed by atoms with Crippen molar-refractivity contribution in [3.8, 4) is 10.7 Å². The van der Waals surface area contributed by atoms with Gasteiger partial charge in [0.15, 0.2) is 0 Å². The van der Waals surface area contributed by atoms with E-state index in [-0.39, 0.29) is 18.3 Å². The molecule has 0 bridgehead atoms. The minimum atomic E-state index is -0.435. The van der Waals surface area contributed by atoms with Gasteiger partial charge in [-0.05, 0) is 30.5 Å². The van der Waals surface area contributed by atoms with E-state index in [0.717, 1.165) is 10.6 Å². The van der Waals surface area contributed by atoms with Crippen LogP contribution in [0, 0.1) is 6.92 Å². The van der Waals surface area contributed by atoms with Crippen molar-refractivity contribution in [2.75, 3.05) is 7.11 Å². The summed E-state index contributed by atoms with van der Waals surface area (Å²) in [5.41, 5.74) is 1.36. The van der Waals surface area contributed by atoms with Gasteiger partial charge in [-0.2, -0.15) is 0 Å². The predicted octanol–water partition coefficient (Wildman–Crippen LogP) is 3.61. The Labute approximate surface area is 158 Å². The zero-order valence-corrected chi connectivity index (χ0v) is 15.9. The Kier molecular flexibility index (Phi) is 5.75. The first-order valence-electron chi connectivity index (χ1n) is 7.88. The first-order chi connectivity index (χ1) is 12.6. The third-order valence-corrected chi connectivity index (χ3v) is 5.84. The molecular formula is C18H17N3O3S2. The van der Waals surface area contributed by atoms with Crippen LogP contribution in [-0.4, -0.2) is 29.0 Å². The number of nitrogens with zero attached hydrogens (tertiary/aromatic N) is 2. The van der Waals surface area contributed by atoms with Crippen LogP contribution in [0.2, 0.25) is 0 Å². The van der Waals surface area contributed by atoms with E-state index >= 15 is 0 Å². The van der Waals surface area contributed by atoms with Crippen molar-refractivity contribution < 1.29 is 14.3 Å². The fraction of sp³-hybridized carbons (Fsp3) is 0.222. The van der Waals surface area contributed by atoms with Crippen molar-refractivity contribution in [3.05, 3.63) is 57.4 Å². The van der Waals surface area contributed by atoms with Crippen LogP contribution in [0.5, 0.6) is 0 Å². The van der Waals surface area contributed by atoms with Gasteiger partial charge >= 0.3 is 5.97 Å². The maximum absolute atomic E-state index is 12.8. The molecule has 1 N–H and O–H groups in total. The van der Waals surface area contributed by atoms with Gasteiger partial charge in [-0.25, -0.2) is 4.98 Å². The smallest absolute Gasteiger partial charge is 0.307 e. The van der Waals surface area contributed by atoms with Crippen LogP contribution in [-0.2, 0) is 9.53 Å². The molecule has 0 aromatic carbocycles. The summed E-state index contributed by atoms with van der Waals surface area (Å²) in [4.78, 5) is 34.6. The third-order valence-electron chi connectivity index (χ3n) is 3.68. The van der Waals surface area contributed by atoms with Crippen molar-refractivity contribution in [3.63, 3.8) is 0 Å². The lowest BCUT2D eigenvalue weighted by Crippen LogP contribution is -2.29. The Morgan fingerprint density at radius 2 is 2.12 bits per heavy atom. The highest BCUT2D eigenvalue weighted by Gasteiger charge is 2.23. The fourth-order valence-corrected chi connectivity index (χ4v) is 4.12. The van der Waals surface area contributed by atoms with Crippen LogP contribution in [0.25, 0.3) is 10.7 Å². The molecule has 0 radical (unpaired) electrons. The molecule has 3 aromatic rings. The Morgan fingerprint density at radius 3 is 2.77 bits per heavy atom. The minimum absolute atomic E-state index is 0.0771. The van der Waals surface area contributed by atoms with E-state index in [1.54, 1.807) is 13.1 Å². The third kappa shape index (κ3) is 4.14. The van der Waals surface area contributed by atoms with Crippen LogP contribution < -0.4 is 5.32 Å². The minimum Gasteiger partial charge on any atom is -0.469 e. The molecule has 0 fully saturated rings. The molecule has 3 rings (SSSR count). The molecule has 0 spiro atoms. The number of carbonyl (C=O) groups excluding carboxylic acids is 2. The molecule has 6 nitrogen and oxygen atoms in total. The van der Waals surface area contributed by atoms with E-state index in [1.165, 1.54) is 29.8 Å². The standard InChI is InChI=1S/C18H17N3O3S2/c1-11-16(26-18(20-11)12-6-3-4-8-19-12)17(23)21-13(10-15(22)24-2)14-7-5-9-25-14/h3-9,13H,10H2,1-2H3,(H,21,23). The summed E-state index contributed by atoms with van der Waals surface area (Å²) in [6.45, 7) is 1.79. The second-order valence-corrected chi connectivity index (χ2v) is 7.45. The predicted molar refractivity (Wildman–Crippen MR) is 101 cm³/mol. The molecule has 8 heteroatoms. The Bertz CT molecular complexity index is 892. The number of esters is 1. The number of hydrogen-bond acceptors (Lipinski definition) is 7. The lowest BCUT2D eigenvalue weighted by atomic mass is 10.1. The number of carbonyl (C=O) groups is 2. The van der Waals surface area contributed by atoms with E-state index in [0.29, 0.717) is 15.6 Å². The van der Waals surface area contributed by atoms with Crippen LogP contribution >= 0.6 is 22.7 Å². The summed E-state index contributed by atoms with van der Waals surface area (Å²) < 4.78 is 4.75. The molecule has 1 atom stereocenters. The molecule has 0 aliphatic heterocycles. The zero-order valence-electron chi connectivity index (χ0n) is 14.3. The van der Waals surface area contributed by atoms with Gasteiger partial charge in [-0.1, -0.05) is 12.1 Å². The van der Waals surface area contributed by atoms with Crippen molar-refractivity contribution in [1.82, 2.24) is 15.3 Å². The molecule has 0 saturated heterocycles. The summed E-state index contributed by atoms with van der Waals surface area (Å²) in [7, 11) is 1.34. The number of nitrogens with one attached hydrogen (secondary N) is 1. The summed E-state index contributed by atoms with van der Waals surface area (Å²) in [6, 6.07) is 8.89. The molecule has 0 saturated carbocycles. The number of thiazole rings is 1. The van der Waals surface area contributed by atoms with E-state index in [4.69, 9.17) is 4.74 Å². The Morgan fingerprint density at radius 1 is 1.27 bits per heavy atom. The summed E-state index contributed by atoms with van der Waals surface area (Å²) in [5, 5.41) is 5.52. The first kappa shape index (κ1) is 18.2. The molecule has 3 heterocycles. The highest BCUT2D eigenvalue weighted by atomic mass is 32.1. The molecule has 26 heavy (non-hydrogen) atoms. The summed E-state index contributed by atoms with van der Waals surface area (Å²) >= 11 is 2.77. The largest absolute Gasteiger partial charge is 0.469 e. The number of rotatable bonds is 6. The molecule has 0 aliphatic rings. The Hall–Kier alpha value is -2.58. The number of aromatic nitrogens is 2. The van der Waals surface area contributed by atoms with Crippen molar-refractivity contribution in [2.24, 2.45) is 0 Å². The van der Waals surface area contributed by atoms with E-state index in [1.807, 2.05) is 35.7 Å². The van der Waals surface area contributed by atoms with Crippen molar-refractivity contribution >= 4 is 34.6 Å². The zero-order chi connectivity index (χ0) is 18.5. The number of methoxy groups -OCH3 is 1. The number of hydrogen-bond donors (Lipinski definition) is 1. The quantitative estimate of drug-likeness (QED) is 0.654. The number of thiophene rings is 1. The number of pyridine rings is 1. The van der Waals surface area contributed by atoms with Gasteiger partial charge in [0.25, 0.3) is 5.91 Å². The lowest BCUT2D eigenvalue weighted by molar-refractivity contribution is -0.141. The average molecular weight is 387 g/mol. The number of aryl methyl sites for hydroxylation is 1. The van der Waals surface area contributed by atoms with Crippen molar-refractivity contribution in [2.45, 2.75) is 19.4 Å². The van der Waals surface area contributed by atoms with Gasteiger partial charge in [0.1, 0.15) is 9.88 Å². The van der Waals surface area contributed by atoms with Gasteiger partial charge in [-0.3, -0.25) is 14.6 Å². The van der Waals surface area contributed by atoms with Gasteiger partial charge in [-0.15, -0.1) is 22.7 Å². The Balaban J connectivity index is 1.82. The van der Waals surface area contributed by atoms with Crippen LogP contribution in [0.4, 0.5) is 0 Å². The SMILES string of the molecule is COC(=O)CC(NC(=O)c1sc(-c2ccccn2)nc1C)c1cccs1. The monoisotopic (exact) mass is 387 g/mol. The van der Waals surface area contributed by atoms with E-state index in [2.05, 4.69) is 15.3 Å². The van der Waals surface area contributed by atoms with Gasteiger partial charge in [0.2, 0.25) is 0 Å². The van der Waals surface area contributed by atoms with Gasteiger partial charge in [0, 0.05) is 11.1 Å². The highest BCUT2D eigenvalue weighted by molar-refractivity contribution is 7.17. The first-order valence-corrected chi connectivity index (χ1v) is 9.58. The number of amides is 1. The molecule has 134 valence electrons. The maximum Gasteiger partial charge on any atom is 0.307 e. The number of ether oxygens (including phenoxy) is 1. The average Bonchev–Trinajstić information content (AvgIpc) is 3.31. The molecule has 1 unspecified atom stereocenters. The molecular weight excluding hydrogens is 370 g/mol. The second kappa shape index (κ2) is 8.20. The van der Waals surface area contributed by atoms with Gasteiger partial charge < -0.3 is 10.1 Å². The van der Waals surface area contributed by atoms with Crippen molar-refractivity contribution in [1.29, 1.82) is 0 Å². The molecule has 1 amide bonds. The maximum atomic E-state index is 12.8. The van der Waals surface area contributed by atoms with Crippen LogP contribution in [0.1, 0.15) is 32.7 Å². The second-order valence-electron chi connectivity index (χ2n) is 5.47.